The summed E-state index contributed by atoms with van der Waals surface area (Å²) in [7, 11) is 0. The molecule has 3 nitrogen and oxygen atoms in total. The summed E-state index contributed by atoms with van der Waals surface area (Å²) < 4.78 is 0. The number of carbonyl (C=O) groups excluding carboxylic acids is 1. The summed E-state index contributed by atoms with van der Waals surface area (Å²) >= 11 is 12.0. The van der Waals surface area contributed by atoms with Crippen LogP contribution in [0, 0.1) is 13.8 Å². The first-order chi connectivity index (χ1) is 9.97. The normalized spacial score (nSPS) is 10.3. The van der Waals surface area contributed by atoms with E-state index in [-0.39, 0.29) is 12.5 Å². The summed E-state index contributed by atoms with van der Waals surface area (Å²) in [5, 5.41) is 6.67. The van der Waals surface area contributed by atoms with E-state index in [2.05, 4.69) is 10.6 Å². The van der Waals surface area contributed by atoms with Gasteiger partial charge in [-0.05, 0) is 43.2 Å². The van der Waals surface area contributed by atoms with Crippen molar-refractivity contribution in [2.45, 2.75) is 13.8 Å². The zero-order valence-electron chi connectivity index (χ0n) is 11.8. The van der Waals surface area contributed by atoms with Crippen LogP contribution in [0.1, 0.15) is 11.1 Å². The molecule has 0 aliphatic rings. The van der Waals surface area contributed by atoms with Gasteiger partial charge in [-0.25, -0.2) is 0 Å². The van der Waals surface area contributed by atoms with Crippen LogP contribution in [-0.2, 0) is 4.79 Å². The van der Waals surface area contributed by atoms with Crippen LogP contribution in [0.3, 0.4) is 0 Å². The fourth-order valence-corrected chi connectivity index (χ4v) is 2.39. The number of nitrogens with one attached hydrogen (secondary N) is 2. The second-order valence-corrected chi connectivity index (χ2v) is 5.63. The molecule has 0 aliphatic heterocycles. The predicted octanol–water partition coefficient (Wildman–Crippen LogP) is 4.66. The van der Waals surface area contributed by atoms with Crippen LogP contribution in [0.15, 0.2) is 36.4 Å². The van der Waals surface area contributed by atoms with Crippen LogP contribution >= 0.6 is 23.2 Å². The van der Waals surface area contributed by atoms with Gasteiger partial charge in [-0.1, -0.05) is 41.4 Å². The maximum Gasteiger partial charge on any atom is 0.243 e. The van der Waals surface area contributed by atoms with Gasteiger partial charge < -0.3 is 10.6 Å². The molecule has 0 atom stereocenters. The van der Waals surface area contributed by atoms with Crippen molar-refractivity contribution in [3.8, 4) is 0 Å². The quantitative estimate of drug-likeness (QED) is 0.859. The summed E-state index contributed by atoms with van der Waals surface area (Å²) in [6.45, 7) is 4.14. The highest BCUT2D eigenvalue weighted by molar-refractivity contribution is 6.39. The van der Waals surface area contributed by atoms with Crippen LogP contribution in [0.25, 0.3) is 0 Å². The van der Waals surface area contributed by atoms with Crippen molar-refractivity contribution in [3.63, 3.8) is 0 Å². The van der Waals surface area contributed by atoms with Gasteiger partial charge in [0.05, 0.1) is 22.3 Å². The van der Waals surface area contributed by atoms with Gasteiger partial charge in [-0.15, -0.1) is 0 Å². The Morgan fingerprint density at radius 3 is 2.43 bits per heavy atom. The Labute approximate surface area is 134 Å². The number of hydrogen-bond donors (Lipinski definition) is 2. The minimum absolute atomic E-state index is 0.145. The monoisotopic (exact) mass is 322 g/mol. The Morgan fingerprint density at radius 2 is 1.76 bits per heavy atom. The number of benzene rings is 2. The molecule has 0 radical (unpaired) electrons. The van der Waals surface area contributed by atoms with E-state index in [1.807, 2.05) is 32.0 Å². The van der Waals surface area contributed by atoms with Crippen LogP contribution in [0.4, 0.5) is 11.4 Å². The van der Waals surface area contributed by atoms with Crippen LogP contribution in [-0.4, -0.2) is 12.5 Å². The molecule has 0 fully saturated rings. The van der Waals surface area contributed by atoms with Crippen molar-refractivity contribution in [3.05, 3.63) is 57.6 Å². The first-order valence-corrected chi connectivity index (χ1v) is 7.28. The zero-order chi connectivity index (χ0) is 15.4. The predicted molar refractivity (Wildman–Crippen MR) is 89.5 cm³/mol. The highest BCUT2D eigenvalue weighted by Crippen LogP contribution is 2.29. The van der Waals surface area contributed by atoms with E-state index in [0.29, 0.717) is 15.7 Å². The van der Waals surface area contributed by atoms with Crippen molar-refractivity contribution in [1.82, 2.24) is 0 Å². The molecular weight excluding hydrogens is 307 g/mol. The van der Waals surface area contributed by atoms with Gasteiger partial charge in [0.15, 0.2) is 0 Å². The van der Waals surface area contributed by atoms with Gasteiger partial charge in [-0.3, -0.25) is 4.79 Å². The third-order valence-electron chi connectivity index (χ3n) is 3.06. The third-order valence-corrected chi connectivity index (χ3v) is 3.69. The molecule has 5 heteroatoms. The molecule has 2 aromatic carbocycles. The Kier molecular flexibility index (Phi) is 5.10. The minimum atomic E-state index is -0.203. The largest absolute Gasteiger partial charge is 0.376 e. The first kappa shape index (κ1) is 15.7. The topological polar surface area (TPSA) is 41.1 Å². The number of para-hydroxylation sites is 1. The van der Waals surface area contributed by atoms with E-state index in [4.69, 9.17) is 23.2 Å². The van der Waals surface area contributed by atoms with Gasteiger partial charge in [0.25, 0.3) is 0 Å². The van der Waals surface area contributed by atoms with Crippen LogP contribution in [0.5, 0.6) is 0 Å². The molecule has 2 N–H and O–H groups in total. The summed E-state index contributed by atoms with van der Waals surface area (Å²) in [6, 6.07) is 11.1. The summed E-state index contributed by atoms with van der Waals surface area (Å²) in [4.78, 5) is 12.0. The molecule has 0 spiro atoms. The number of aryl methyl sites for hydroxylation is 2. The molecule has 0 saturated heterocycles. The molecule has 110 valence electrons. The van der Waals surface area contributed by atoms with E-state index >= 15 is 0 Å². The Morgan fingerprint density at radius 1 is 1.10 bits per heavy atom. The first-order valence-electron chi connectivity index (χ1n) is 6.52. The molecular formula is C16H16Cl2N2O. The minimum Gasteiger partial charge on any atom is -0.376 e. The number of rotatable bonds is 4. The van der Waals surface area contributed by atoms with Gasteiger partial charge in [0.1, 0.15) is 0 Å². The molecule has 2 aromatic rings. The fraction of sp³-hybridized carbons (Fsp3) is 0.188. The molecule has 1 amide bonds. The van der Waals surface area contributed by atoms with Gasteiger partial charge in [0, 0.05) is 5.69 Å². The summed E-state index contributed by atoms with van der Waals surface area (Å²) in [5.41, 5.74) is 3.60. The Hall–Kier alpha value is -1.71. The Balaban J connectivity index is 2.01. The lowest BCUT2D eigenvalue weighted by Gasteiger charge is -2.12. The van der Waals surface area contributed by atoms with Gasteiger partial charge in [0.2, 0.25) is 5.91 Å². The number of hydrogen-bond acceptors (Lipinski definition) is 2. The SMILES string of the molecule is Cc1ccc(C)c(NCC(=O)Nc2c(Cl)cccc2Cl)c1. The zero-order valence-corrected chi connectivity index (χ0v) is 13.3. The van der Waals surface area contributed by atoms with Crippen molar-refractivity contribution < 1.29 is 4.79 Å². The number of anilines is 2. The maximum atomic E-state index is 12.0. The van der Waals surface area contributed by atoms with E-state index in [1.54, 1.807) is 18.2 Å². The van der Waals surface area contributed by atoms with E-state index < -0.39 is 0 Å². The second-order valence-electron chi connectivity index (χ2n) is 4.82. The molecule has 0 saturated carbocycles. The van der Waals surface area contributed by atoms with Crippen LogP contribution in [0.2, 0.25) is 10.0 Å². The lowest BCUT2D eigenvalue weighted by molar-refractivity contribution is -0.114. The molecule has 0 unspecified atom stereocenters. The highest BCUT2D eigenvalue weighted by atomic mass is 35.5. The van der Waals surface area contributed by atoms with Gasteiger partial charge >= 0.3 is 0 Å². The fourth-order valence-electron chi connectivity index (χ4n) is 1.90. The number of carbonyl (C=O) groups is 1. The van der Waals surface area contributed by atoms with E-state index in [9.17, 15) is 4.79 Å². The Bertz CT molecular complexity index is 651. The molecule has 2 rings (SSSR count). The van der Waals surface area contributed by atoms with E-state index in [0.717, 1.165) is 16.8 Å². The van der Waals surface area contributed by atoms with Crippen molar-refractivity contribution >= 4 is 40.5 Å². The lowest BCUT2D eigenvalue weighted by Crippen LogP contribution is -2.22. The third kappa shape index (κ3) is 4.13. The molecule has 21 heavy (non-hydrogen) atoms. The smallest absolute Gasteiger partial charge is 0.243 e. The molecule has 0 aliphatic carbocycles. The number of halogens is 2. The van der Waals surface area contributed by atoms with E-state index in [1.165, 1.54) is 0 Å². The second kappa shape index (κ2) is 6.83. The standard InChI is InChI=1S/C16H16Cl2N2O/c1-10-6-7-11(2)14(8-10)19-9-15(21)20-16-12(17)4-3-5-13(16)18/h3-8,19H,9H2,1-2H3,(H,20,21). The lowest BCUT2D eigenvalue weighted by atomic mass is 10.1. The van der Waals surface area contributed by atoms with Gasteiger partial charge in [-0.2, -0.15) is 0 Å². The van der Waals surface area contributed by atoms with Crippen molar-refractivity contribution in [1.29, 1.82) is 0 Å². The molecule has 0 bridgehead atoms. The summed E-state index contributed by atoms with van der Waals surface area (Å²) in [6.07, 6.45) is 0. The number of amides is 1. The molecule has 0 heterocycles. The average Bonchev–Trinajstić information content (AvgIpc) is 2.44. The highest BCUT2D eigenvalue weighted by Gasteiger charge is 2.09. The van der Waals surface area contributed by atoms with Crippen molar-refractivity contribution in [2.24, 2.45) is 0 Å². The summed E-state index contributed by atoms with van der Waals surface area (Å²) in [5.74, 6) is -0.203. The molecule has 0 aromatic heterocycles. The van der Waals surface area contributed by atoms with Crippen molar-refractivity contribution in [2.75, 3.05) is 17.2 Å². The maximum absolute atomic E-state index is 12.0. The van der Waals surface area contributed by atoms with Crippen LogP contribution < -0.4 is 10.6 Å². The average molecular weight is 323 g/mol.